The highest BCUT2D eigenvalue weighted by Gasteiger charge is 2.17. The van der Waals surface area contributed by atoms with Crippen LogP contribution < -0.4 is 10.1 Å². The van der Waals surface area contributed by atoms with Crippen molar-refractivity contribution < 1.29 is 13.9 Å². The number of nitrogens with zero attached hydrogens (tertiary/aromatic N) is 1. The highest BCUT2D eigenvalue weighted by molar-refractivity contribution is 6.05. The van der Waals surface area contributed by atoms with Crippen molar-refractivity contribution in [1.29, 1.82) is 0 Å². The second-order valence-corrected chi connectivity index (χ2v) is 5.78. The molecule has 0 bridgehead atoms. The molecular formula is C20H19FN2O2. The minimum atomic E-state index is -0.337. The molecule has 3 aromatic rings. The maximum Gasteiger partial charge on any atom is 0.257 e. The summed E-state index contributed by atoms with van der Waals surface area (Å²) in [6, 6.07) is 15.2. The van der Waals surface area contributed by atoms with Crippen LogP contribution in [0.5, 0.6) is 5.75 Å². The highest BCUT2D eigenvalue weighted by Crippen LogP contribution is 2.23. The number of aromatic nitrogens is 1. The van der Waals surface area contributed by atoms with Gasteiger partial charge in [-0.15, -0.1) is 0 Å². The first-order valence-corrected chi connectivity index (χ1v) is 7.90. The molecule has 128 valence electrons. The molecule has 2 aromatic carbocycles. The van der Waals surface area contributed by atoms with E-state index < -0.39 is 0 Å². The van der Waals surface area contributed by atoms with Gasteiger partial charge in [-0.25, -0.2) is 4.39 Å². The second-order valence-electron chi connectivity index (χ2n) is 5.78. The molecule has 0 aliphatic carbocycles. The van der Waals surface area contributed by atoms with Crippen LogP contribution in [-0.4, -0.2) is 17.6 Å². The van der Waals surface area contributed by atoms with Gasteiger partial charge in [-0.3, -0.25) is 4.79 Å². The first kappa shape index (κ1) is 16.8. The zero-order chi connectivity index (χ0) is 18.0. The standard InChI is InChI=1S/C20H19FN2O2/c1-13-12-19(20(24)22-16-6-4-15(21)5-7-16)14(2)23(13)17-8-10-18(25-3)11-9-17/h4-12H,1-3H3,(H,22,24). The molecule has 0 radical (unpaired) electrons. The molecule has 0 saturated carbocycles. The number of halogens is 1. The number of anilines is 1. The molecule has 0 aliphatic heterocycles. The molecule has 1 aromatic heterocycles. The molecule has 4 nitrogen and oxygen atoms in total. The summed E-state index contributed by atoms with van der Waals surface area (Å²) < 4.78 is 20.2. The third-order valence-corrected chi connectivity index (χ3v) is 4.11. The van der Waals surface area contributed by atoms with Crippen molar-refractivity contribution >= 4 is 11.6 Å². The summed E-state index contributed by atoms with van der Waals surface area (Å²) >= 11 is 0. The number of carbonyl (C=O) groups is 1. The van der Waals surface area contributed by atoms with Crippen molar-refractivity contribution in [3.8, 4) is 11.4 Å². The maximum absolute atomic E-state index is 13.0. The number of amides is 1. The fourth-order valence-electron chi connectivity index (χ4n) is 2.85. The van der Waals surface area contributed by atoms with E-state index in [2.05, 4.69) is 5.32 Å². The van der Waals surface area contributed by atoms with Crippen molar-refractivity contribution in [3.05, 3.63) is 77.4 Å². The number of benzene rings is 2. The number of carbonyl (C=O) groups excluding carboxylic acids is 1. The average molecular weight is 338 g/mol. The molecule has 1 heterocycles. The molecule has 5 heteroatoms. The van der Waals surface area contributed by atoms with E-state index in [1.165, 1.54) is 24.3 Å². The summed E-state index contributed by atoms with van der Waals surface area (Å²) in [5, 5.41) is 2.80. The fourth-order valence-corrected chi connectivity index (χ4v) is 2.85. The maximum atomic E-state index is 13.0. The lowest BCUT2D eigenvalue weighted by Gasteiger charge is -2.11. The van der Waals surface area contributed by atoms with Crippen LogP contribution in [0.25, 0.3) is 5.69 Å². The van der Waals surface area contributed by atoms with E-state index in [4.69, 9.17) is 4.74 Å². The van der Waals surface area contributed by atoms with E-state index in [0.29, 0.717) is 11.3 Å². The van der Waals surface area contributed by atoms with Crippen LogP contribution in [0.1, 0.15) is 21.7 Å². The molecular weight excluding hydrogens is 319 g/mol. The van der Waals surface area contributed by atoms with Gasteiger partial charge in [0.25, 0.3) is 5.91 Å². The predicted octanol–water partition coefficient (Wildman–Crippen LogP) is 4.49. The lowest BCUT2D eigenvalue weighted by atomic mass is 10.2. The van der Waals surface area contributed by atoms with Gasteiger partial charge in [0.1, 0.15) is 11.6 Å². The normalized spacial score (nSPS) is 10.6. The molecule has 0 spiro atoms. The number of hydrogen-bond donors (Lipinski definition) is 1. The van der Waals surface area contributed by atoms with Crippen molar-refractivity contribution in [1.82, 2.24) is 4.57 Å². The minimum Gasteiger partial charge on any atom is -0.497 e. The Morgan fingerprint density at radius 2 is 1.68 bits per heavy atom. The van der Waals surface area contributed by atoms with Gasteiger partial charge >= 0.3 is 0 Å². The number of nitrogens with one attached hydrogen (secondary N) is 1. The first-order valence-electron chi connectivity index (χ1n) is 7.90. The third kappa shape index (κ3) is 3.40. The van der Waals surface area contributed by atoms with Gasteiger partial charge in [0.05, 0.1) is 12.7 Å². The molecule has 3 rings (SSSR count). The van der Waals surface area contributed by atoms with Gasteiger partial charge in [-0.2, -0.15) is 0 Å². The largest absolute Gasteiger partial charge is 0.497 e. The summed E-state index contributed by atoms with van der Waals surface area (Å²) in [5.74, 6) is 0.218. The van der Waals surface area contributed by atoms with Gasteiger partial charge in [0.2, 0.25) is 0 Å². The van der Waals surface area contributed by atoms with E-state index in [1.807, 2.05) is 48.7 Å². The predicted molar refractivity (Wildman–Crippen MR) is 96.1 cm³/mol. The van der Waals surface area contributed by atoms with Crippen LogP contribution in [0, 0.1) is 19.7 Å². The van der Waals surface area contributed by atoms with Crippen LogP contribution in [0.3, 0.4) is 0 Å². The fraction of sp³-hybridized carbons (Fsp3) is 0.150. The van der Waals surface area contributed by atoms with Gasteiger partial charge in [-0.1, -0.05) is 0 Å². The molecule has 1 N–H and O–H groups in total. The van der Waals surface area contributed by atoms with Crippen molar-refractivity contribution in [2.45, 2.75) is 13.8 Å². The lowest BCUT2D eigenvalue weighted by molar-refractivity contribution is 0.102. The van der Waals surface area contributed by atoms with Crippen LogP contribution in [0.2, 0.25) is 0 Å². The van der Waals surface area contributed by atoms with Crippen molar-refractivity contribution in [2.24, 2.45) is 0 Å². The van der Waals surface area contributed by atoms with Crippen molar-refractivity contribution in [3.63, 3.8) is 0 Å². The van der Waals surface area contributed by atoms with E-state index in [9.17, 15) is 9.18 Å². The summed E-state index contributed by atoms with van der Waals surface area (Å²) in [6.07, 6.45) is 0. The Balaban J connectivity index is 1.90. The molecule has 1 amide bonds. The van der Waals surface area contributed by atoms with E-state index in [0.717, 1.165) is 22.8 Å². The number of rotatable bonds is 4. The molecule has 0 aliphatic rings. The van der Waals surface area contributed by atoms with E-state index >= 15 is 0 Å². The lowest BCUT2D eigenvalue weighted by Crippen LogP contribution is -2.13. The smallest absolute Gasteiger partial charge is 0.257 e. The zero-order valence-corrected chi connectivity index (χ0v) is 14.3. The highest BCUT2D eigenvalue weighted by atomic mass is 19.1. The van der Waals surface area contributed by atoms with Gasteiger partial charge < -0.3 is 14.6 Å². The number of methoxy groups -OCH3 is 1. The molecule has 0 unspecified atom stereocenters. The Labute approximate surface area is 145 Å². The van der Waals surface area contributed by atoms with Crippen molar-refractivity contribution in [2.75, 3.05) is 12.4 Å². The van der Waals surface area contributed by atoms with Crippen LogP contribution >= 0.6 is 0 Å². The summed E-state index contributed by atoms with van der Waals surface area (Å²) in [7, 11) is 1.62. The average Bonchev–Trinajstić information content (AvgIpc) is 2.91. The molecule has 0 saturated heterocycles. The van der Waals surface area contributed by atoms with E-state index in [1.54, 1.807) is 7.11 Å². The molecule has 0 fully saturated rings. The zero-order valence-electron chi connectivity index (χ0n) is 14.3. The molecule has 0 atom stereocenters. The summed E-state index contributed by atoms with van der Waals surface area (Å²) in [5.41, 5.74) is 3.88. The summed E-state index contributed by atoms with van der Waals surface area (Å²) in [4.78, 5) is 12.6. The first-order chi connectivity index (χ1) is 12.0. The van der Waals surface area contributed by atoms with Crippen LogP contribution in [0.15, 0.2) is 54.6 Å². The minimum absolute atomic E-state index is 0.223. The Hall–Kier alpha value is -3.08. The molecule has 25 heavy (non-hydrogen) atoms. The van der Waals surface area contributed by atoms with Gasteiger partial charge in [0.15, 0.2) is 0 Å². The number of aryl methyl sites for hydroxylation is 1. The third-order valence-electron chi connectivity index (χ3n) is 4.11. The van der Waals surface area contributed by atoms with Gasteiger partial charge in [0, 0.05) is 22.8 Å². The second kappa shape index (κ2) is 6.81. The van der Waals surface area contributed by atoms with Gasteiger partial charge in [-0.05, 0) is 68.4 Å². The number of ether oxygens (including phenoxy) is 1. The van der Waals surface area contributed by atoms with Crippen LogP contribution in [0.4, 0.5) is 10.1 Å². The monoisotopic (exact) mass is 338 g/mol. The Morgan fingerprint density at radius 3 is 2.28 bits per heavy atom. The Kier molecular flexibility index (Phi) is 4.57. The Morgan fingerprint density at radius 1 is 1.04 bits per heavy atom. The van der Waals surface area contributed by atoms with Crippen LogP contribution in [-0.2, 0) is 0 Å². The SMILES string of the molecule is COc1ccc(-n2c(C)cc(C(=O)Nc3ccc(F)cc3)c2C)cc1. The number of hydrogen-bond acceptors (Lipinski definition) is 2. The topological polar surface area (TPSA) is 43.3 Å². The quantitative estimate of drug-likeness (QED) is 0.761. The van der Waals surface area contributed by atoms with E-state index in [-0.39, 0.29) is 11.7 Å². The summed E-state index contributed by atoms with van der Waals surface area (Å²) in [6.45, 7) is 3.85. The Bertz CT molecular complexity index is 897.